The van der Waals surface area contributed by atoms with Crippen LogP contribution in [0.1, 0.15) is 27.4 Å². The van der Waals surface area contributed by atoms with Crippen LogP contribution < -0.4 is 0 Å². The van der Waals surface area contributed by atoms with Crippen LogP contribution in [0.4, 0.5) is 5.69 Å². The average Bonchev–Trinajstić information content (AvgIpc) is 2.46. The molecule has 0 bridgehead atoms. The molecule has 0 spiro atoms. The van der Waals surface area contributed by atoms with Crippen molar-refractivity contribution >= 4 is 23.0 Å². The Morgan fingerprint density at radius 3 is 2.37 bits per heavy atom. The summed E-state index contributed by atoms with van der Waals surface area (Å²) in [6.07, 6.45) is 2.78. The van der Waals surface area contributed by atoms with Crippen LogP contribution in [-0.4, -0.2) is 27.2 Å². The molecular weight excluding hydrogens is 242 g/mol. The van der Waals surface area contributed by atoms with Crippen molar-refractivity contribution < 1.29 is 9.59 Å². The molecule has 0 amide bonds. The highest BCUT2D eigenvalue weighted by Gasteiger charge is 2.31. The summed E-state index contributed by atoms with van der Waals surface area (Å²) in [5, 5.41) is 0. The van der Waals surface area contributed by atoms with Crippen LogP contribution in [0.25, 0.3) is 0 Å². The lowest BCUT2D eigenvalue weighted by atomic mass is 9.96. The summed E-state index contributed by atoms with van der Waals surface area (Å²) in [6, 6.07) is 9.05. The van der Waals surface area contributed by atoms with Gasteiger partial charge < -0.3 is 0 Å². The molecule has 1 aromatic carbocycles. The predicted molar refractivity (Wildman–Crippen MR) is 68.8 cm³/mol. The molecule has 1 aliphatic rings. The van der Waals surface area contributed by atoms with E-state index in [1.54, 1.807) is 12.1 Å². The SMILES string of the molecule is O=C1CC(=Nc2ccccc2)C(=O)c2nccnc21. The van der Waals surface area contributed by atoms with E-state index >= 15 is 0 Å². The number of aromatic nitrogens is 2. The second kappa shape index (κ2) is 4.53. The van der Waals surface area contributed by atoms with Crippen molar-refractivity contribution in [2.45, 2.75) is 6.42 Å². The highest BCUT2D eigenvalue weighted by Crippen LogP contribution is 2.19. The van der Waals surface area contributed by atoms with E-state index in [9.17, 15) is 9.59 Å². The molecule has 92 valence electrons. The Labute approximate surface area is 109 Å². The van der Waals surface area contributed by atoms with Crippen molar-refractivity contribution in [2.24, 2.45) is 4.99 Å². The molecule has 5 heteroatoms. The second-order valence-corrected chi connectivity index (χ2v) is 4.08. The monoisotopic (exact) mass is 251 g/mol. The molecule has 1 aromatic heterocycles. The van der Waals surface area contributed by atoms with Gasteiger partial charge in [-0.1, -0.05) is 18.2 Å². The zero-order chi connectivity index (χ0) is 13.2. The van der Waals surface area contributed by atoms with Crippen LogP contribution >= 0.6 is 0 Å². The average molecular weight is 251 g/mol. The second-order valence-electron chi connectivity index (χ2n) is 4.08. The van der Waals surface area contributed by atoms with E-state index in [0.29, 0.717) is 5.69 Å². The van der Waals surface area contributed by atoms with Crippen molar-refractivity contribution in [1.29, 1.82) is 0 Å². The Morgan fingerprint density at radius 2 is 1.63 bits per heavy atom. The van der Waals surface area contributed by atoms with Crippen molar-refractivity contribution in [2.75, 3.05) is 0 Å². The zero-order valence-corrected chi connectivity index (χ0v) is 9.91. The molecule has 5 nitrogen and oxygen atoms in total. The van der Waals surface area contributed by atoms with Crippen molar-refractivity contribution in [3.05, 3.63) is 54.1 Å². The molecule has 0 saturated carbocycles. The summed E-state index contributed by atoms with van der Waals surface area (Å²) >= 11 is 0. The molecule has 0 fully saturated rings. The van der Waals surface area contributed by atoms with Crippen LogP contribution in [0.3, 0.4) is 0 Å². The van der Waals surface area contributed by atoms with E-state index in [0.717, 1.165) is 0 Å². The van der Waals surface area contributed by atoms with Crippen LogP contribution in [0.5, 0.6) is 0 Å². The predicted octanol–water partition coefficient (Wildman–Crippen LogP) is 2.02. The molecule has 1 heterocycles. The molecule has 0 aliphatic heterocycles. The van der Waals surface area contributed by atoms with Crippen molar-refractivity contribution in [3.63, 3.8) is 0 Å². The molecule has 0 saturated heterocycles. The van der Waals surface area contributed by atoms with Gasteiger partial charge in [0.1, 0.15) is 11.4 Å². The standard InChI is InChI=1S/C14H9N3O2/c18-11-8-10(17-9-4-2-1-3-5-9)14(19)13-12(11)15-6-7-16-13/h1-7H,8H2. The summed E-state index contributed by atoms with van der Waals surface area (Å²) in [7, 11) is 0. The Kier molecular flexibility index (Phi) is 2.72. The van der Waals surface area contributed by atoms with E-state index in [1.807, 2.05) is 18.2 Å². The van der Waals surface area contributed by atoms with Crippen molar-refractivity contribution in [1.82, 2.24) is 9.97 Å². The minimum absolute atomic E-state index is 0.0284. The summed E-state index contributed by atoms with van der Waals surface area (Å²) < 4.78 is 0. The number of para-hydroxylation sites is 1. The van der Waals surface area contributed by atoms with Gasteiger partial charge in [-0.3, -0.25) is 9.59 Å². The number of hydrogen-bond acceptors (Lipinski definition) is 5. The fourth-order valence-corrected chi connectivity index (χ4v) is 1.91. The molecule has 3 rings (SSSR count). The Morgan fingerprint density at radius 1 is 0.947 bits per heavy atom. The lowest BCUT2D eigenvalue weighted by Crippen LogP contribution is -2.29. The molecule has 0 N–H and O–H groups in total. The maximum Gasteiger partial charge on any atom is 0.228 e. The van der Waals surface area contributed by atoms with Gasteiger partial charge in [0.05, 0.1) is 17.8 Å². The van der Waals surface area contributed by atoms with E-state index in [2.05, 4.69) is 15.0 Å². The number of aliphatic imine (C=N–C) groups is 1. The van der Waals surface area contributed by atoms with E-state index in [1.165, 1.54) is 12.4 Å². The van der Waals surface area contributed by atoms with Crippen LogP contribution in [0.2, 0.25) is 0 Å². The van der Waals surface area contributed by atoms with Crippen LogP contribution in [-0.2, 0) is 0 Å². The topological polar surface area (TPSA) is 72.3 Å². The molecule has 0 unspecified atom stereocenters. The molecular formula is C14H9N3O2. The summed E-state index contributed by atoms with van der Waals surface area (Å²) in [6.45, 7) is 0. The van der Waals surface area contributed by atoms with Crippen LogP contribution in [0.15, 0.2) is 47.7 Å². The van der Waals surface area contributed by atoms with Gasteiger partial charge in [-0.2, -0.15) is 0 Å². The third kappa shape index (κ3) is 2.06. The first-order valence-corrected chi connectivity index (χ1v) is 5.77. The van der Waals surface area contributed by atoms with Crippen molar-refractivity contribution in [3.8, 4) is 0 Å². The third-order valence-electron chi connectivity index (χ3n) is 2.79. The molecule has 2 aromatic rings. The number of hydrogen-bond donors (Lipinski definition) is 0. The Bertz CT molecular complexity index is 693. The summed E-state index contributed by atoms with van der Waals surface area (Å²) in [5.41, 5.74) is 1.09. The normalized spacial score (nSPS) is 16.5. The first-order valence-electron chi connectivity index (χ1n) is 5.77. The van der Waals surface area contributed by atoms with Gasteiger partial charge in [0.25, 0.3) is 0 Å². The molecule has 19 heavy (non-hydrogen) atoms. The molecule has 0 atom stereocenters. The maximum atomic E-state index is 12.2. The largest absolute Gasteiger partial charge is 0.292 e. The number of ketones is 2. The minimum Gasteiger partial charge on any atom is -0.292 e. The van der Waals surface area contributed by atoms with E-state index < -0.39 is 0 Å². The van der Waals surface area contributed by atoms with Gasteiger partial charge in [0.2, 0.25) is 5.78 Å². The first-order chi connectivity index (χ1) is 9.25. The van der Waals surface area contributed by atoms with Gasteiger partial charge in [-0.15, -0.1) is 0 Å². The number of rotatable bonds is 1. The Balaban J connectivity index is 2.06. The number of carbonyl (C=O) groups excluding carboxylic acids is 2. The number of Topliss-reactive ketones (excluding diaryl/α,β-unsaturated/α-hetero) is 2. The lowest BCUT2D eigenvalue weighted by molar-refractivity contribution is 0.0957. The fourth-order valence-electron chi connectivity index (χ4n) is 1.91. The number of fused-ring (bicyclic) bond motifs is 1. The molecule has 0 radical (unpaired) electrons. The smallest absolute Gasteiger partial charge is 0.228 e. The van der Waals surface area contributed by atoms with E-state index in [-0.39, 0.29) is 35.1 Å². The number of nitrogens with zero attached hydrogens (tertiary/aromatic N) is 3. The minimum atomic E-state index is -0.327. The summed E-state index contributed by atoms with van der Waals surface area (Å²) in [4.78, 5) is 36.1. The lowest BCUT2D eigenvalue weighted by Gasteiger charge is -2.12. The number of benzene rings is 1. The fraction of sp³-hybridized carbons (Fsp3) is 0.0714. The summed E-state index contributed by atoms with van der Waals surface area (Å²) in [5.74, 6) is -0.552. The third-order valence-corrected chi connectivity index (χ3v) is 2.79. The van der Waals surface area contributed by atoms with Crippen LogP contribution in [0, 0.1) is 0 Å². The quantitative estimate of drug-likeness (QED) is 0.777. The van der Waals surface area contributed by atoms with E-state index in [4.69, 9.17) is 0 Å². The Hall–Kier alpha value is -2.69. The van der Waals surface area contributed by atoms with Gasteiger partial charge in [-0.05, 0) is 12.1 Å². The van der Waals surface area contributed by atoms with Gasteiger partial charge in [-0.25, -0.2) is 15.0 Å². The van der Waals surface area contributed by atoms with Gasteiger partial charge >= 0.3 is 0 Å². The highest BCUT2D eigenvalue weighted by molar-refractivity contribution is 6.52. The first kappa shape index (κ1) is 11.4. The number of carbonyl (C=O) groups is 2. The molecule has 1 aliphatic carbocycles. The van der Waals surface area contributed by atoms with Gasteiger partial charge in [0, 0.05) is 12.4 Å². The zero-order valence-electron chi connectivity index (χ0n) is 9.91. The van der Waals surface area contributed by atoms with Gasteiger partial charge in [0.15, 0.2) is 5.78 Å². The maximum absolute atomic E-state index is 12.2. The highest BCUT2D eigenvalue weighted by atomic mass is 16.1.